The van der Waals surface area contributed by atoms with E-state index in [1.165, 1.54) is 0 Å². The first-order valence-electron chi connectivity index (χ1n) is 6.83. The summed E-state index contributed by atoms with van der Waals surface area (Å²) in [5, 5.41) is 23.5. The van der Waals surface area contributed by atoms with Crippen molar-refractivity contribution in [3.8, 4) is 6.07 Å². The predicted octanol–water partition coefficient (Wildman–Crippen LogP) is 2.24. The fourth-order valence-electron chi connectivity index (χ4n) is 2.68. The van der Waals surface area contributed by atoms with Gasteiger partial charge in [0.1, 0.15) is 6.07 Å². The summed E-state index contributed by atoms with van der Waals surface area (Å²) in [6, 6.07) is 6.40. The zero-order chi connectivity index (χ0) is 15.4. The second kappa shape index (κ2) is 6.27. The molecule has 2 unspecified atom stereocenters. The number of aryl methyl sites for hydroxylation is 1. The minimum Gasteiger partial charge on any atom is -0.481 e. The Labute approximate surface area is 122 Å². The molecule has 2 atom stereocenters. The van der Waals surface area contributed by atoms with Crippen LogP contribution in [-0.4, -0.2) is 23.1 Å². The van der Waals surface area contributed by atoms with Crippen molar-refractivity contribution in [1.29, 1.82) is 5.26 Å². The number of amides is 2. The molecule has 1 aliphatic rings. The minimum absolute atomic E-state index is 0.363. The molecule has 6 nitrogen and oxygen atoms in total. The van der Waals surface area contributed by atoms with Crippen LogP contribution in [-0.2, 0) is 4.79 Å². The van der Waals surface area contributed by atoms with Crippen LogP contribution in [0.25, 0.3) is 0 Å². The lowest BCUT2D eigenvalue weighted by Gasteiger charge is -2.18. The molecule has 1 saturated carbocycles. The van der Waals surface area contributed by atoms with Crippen molar-refractivity contribution >= 4 is 17.7 Å². The normalized spacial score (nSPS) is 20.6. The largest absolute Gasteiger partial charge is 0.481 e. The number of nitriles is 1. The molecule has 1 aromatic carbocycles. The van der Waals surface area contributed by atoms with Crippen LogP contribution >= 0.6 is 0 Å². The van der Waals surface area contributed by atoms with Crippen molar-refractivity contribution in [2.24, 2.45) is 5.92 Å². The molecule has 110 valence electrons. The molecule has 1 aliphatic carbocycles. The van der Waals surface area contributed by atoms with Crippen molar-refractivity contribution in [3.05, 3.63) is 29.3 Å². The van der Waals surface area contributed by atoms with Crippen LogP contribution in [0.4, 0.5) is 10.5 Å². The maximum Gasteiger partial charge on any atom is 0.319 e. The second-order valence-corrected chi connectivity index (χ2v) is 5.19. The van der Waals surface area contributed by atoms with E-state index in [1.807, 2.05) is 0 Å². The number of carbonyl (C=O) groups excluding carboxylic acids is 1. The Morgan fingerprint density at radius 1 is 1.38 bits per heavy atom. The van der Waals surface area contributed by atoms with Crippen LogP contribution in [0.5, 0.6) is 0 Å². The third kappa shape index (κ3) is 3.31. The molecule has 1 aromatic rings. The predicted molar refractivity (Wildman–Crippen MR) is 76.8 cm³/mol. The molecule has 0 bridgehead atoms. The summed E-state index contributed by atoms with van der Waals surface area (Å²) in [4.78, 5) is 23.1. The van der Waals surface area contributed by atoms with Crippen LogP contribution in [0.2, 0.25) is 0 Å². The molecule has 2 rings (SSSR count). The number of benzene rings is 1. The highest BCUT2D eigenvalue weighted by Crippen LogP contribution is 2.26. The van der Waals surface area contributed by atoms with Gasteiger partial charge in [-0.1, -0.05) is 18.6 Å². The lowest BCUT2D eigenvalue weighted by atomic mass is 10.0. The zero-order valence-electron chi connectivity index (χ0n) is 11.7. The standard InChI is InChI=1S/C15H17N3O3/c1-9-4-2-6-13(11(9)8-16)18-15(21)17-12-7-3-5-10(12)14(19)20/h2,4,6,10,12H,3,5,7H2,1H3,(H,19,20)(H2,17,18,21). The molecule has 0 spiro atoms. The lowest BCUT2D eigenvalue weighted by Crippen LogP contribution is -2.42. The molecule has 0 aromatic heterocycles. The summed E-state index contributed by atoms with van der Waals surface area (Å²) < 4.78 is 0. The first-order chi connectivity index (χ1) is 10.0. The minimum atomic E-state index is -0.883. The maximum atomic E-state index is 12.0. The van der Waals surface area contributed by atoms with Gasteiger partial charge in [-0.2, -0.15) is 5.26 Å². The average Bonchev–Trinajstić information content (AvgIpc) is 2.87. The number of rotatable bonds is 3. The lowest BCUT2D eigenvalue weighted by molar-refractivity contribution is -0.142. The van der Waals surface area contributed by atoms with E-state index >= 15 is 0 Å². The first kappa shape index (κ1) is 14.9. The van der Waals surface area contributed by atoms with Gasteiger partial charge in [0.2, 0.25) is 0 Å². The highest BCUT2D eigenvalue weighted by molar-refractivity contribution is 5.91. The molecule has 1 fully saturated rings. The highest BCUT2D eigenvalue weighted by Gasteiger charge is 2.33. The van der Waals surface area contributed by atoms with Gasteiger partial charge in [-0.05, 0) is 31.4 Å². The molecular formula is C15H17N3O3. The summed E-state index contributed by atoms with van der Waals surface area (Å²) in [5.74, 6) is -1.42. The molecule has 0 radical (unpaired) electrons. The van der Waals surface area contributed by atoms with Crippen LogP contribution in [0.1, 0.15) is 30.4 Å². The number of carboxylic acids is 1. The molecule has 0 saturated heterocycles. The fraction of sp³-hybridized carbons (Fsp3) is 0.400. The van der Waals surface area contributed by atoms with Crippen molar-refractivity contribution in [2.75, 3.05) is 5.32 Å². The number of hydrogen-bond donors (Lipinski definition) is 3. The van der Waals surface area contributed by atoms with E-state index in [9.17, 15) is 9.59 Å². The third-order valence-corrected chi connectivity index (χ3v) is 3.78. The van der Waals surface area contributed by atoms with Gasteiger partial charge in [-0.3, -0.25) is 4.79 Å². The average molecular weight is 287 g/mol. The molecule has 3 N–H and O–H groups in total. The summed E-state index contributed by atoms with van der Waals surface area (Å²) in [7, 11) is 0. The second-order valence-electron chi connectivity index (χ2n) is 5.19. The number of carbonyl (C=O) groups is 2. The zero-order valence-corrected chi connectivity index (χ0v) is 11.7. The smallest absolute Gasteiger partial charge is 0.319 e. The van der Waals surface area contributed by atoms with Crippen molar-refractivity contribution in [3.63, 3.8) is 0 Å². The van der Waals surface area contributed by atoms with E-state index in [0.717, 1.165) is 12.0 Å². The Morgan fingerprint density at radius 2 is 2.14 bits per heavy atom. The van der Waals surface area contributed by atoms with Gasteiger partial charge in [0.05, 0.1) is 17.2 Å². The van der Waals surface area contributed by atoms with E-state index in [0.29, 0.717) is 24.1 Å². The maximum absolute atomic E-state index is 12.0. The van der Waals surface area contributed by atoms with E-state index in [-0.39, 0.29) is 6.04 Å². The summed E-state index contributed by atoms with van der Waals surface area (Å²) in [6.07, 6.45) is 2.02. The Kier molecular flexibility index (Phi) is 4.43. The topological polar surface area (TPSA) is 102 Å². The summed E-state index contributed by atoms with van der Waals surface area (Å²) in [6.45, 7) is 1.79. The van der Waals surface area contributed by atoms with Crippen LogP contribution in [0, 0.1) is 24.2 Å². The Balaban J connectivity index is 2.04. The number of hydrogen-bond acceptors (Lipinski definition) is 3. The fourth-order valence-corrected chi connectivity index (χ4v) is 2.68. The van der Waals surface area contributed by atoms with E-state index in [2.05, 4.69) is 16.7 Å². The monoisotopic (exact) mass is 287 g/mol. The van der Waals surface area contributed by atoms with Crippen LogP contribution in [0.3, 0.4) is 0 Å². The summed E-state index contributed by atoms with van der Waals surface area (Å²) in [5.41, 5.74) is 1.62. The number of anilines is 1. The number of carboxylic acid groups (broad SMARTS) is 1. The van der Waals surface area contributed by atoms with Crippen molar-refractivity contribution in [2.45, 2.75) is 32.2 Å². The third-order valence-electron chi connectivity index (χ3n) is 3.78. The summed E-state index contributed by atoms with van der Waals surface area (Å²) >= 11 is 0. The van der Waals surface area contributed by atoms with Gasteiger partial charge < -0.3 is 15.7 Å². The van der Waals surface area contributed by atoms with E-state index < -0.39 is 17.9 Å². The molecule has 21 heavy (non-hydrogen) atoms. The molecular weight excluding hydrogens is 270 g/mol. The van der Waals surface area contributed by atoms with Crippen molar-refractivity contribution in [1.82, 2.24) is 5.32 Å². The first-order valence-corrected chi connectivity index (χ1v) is 6.83. The van der Waals surface area contributed by atoms with Gasteiger partial charge in [0.15, 0.2) is 0 Å². The Morgan fingerprint density at radius 3 is 2.81 bits per heavy atom. The van der Waals surface area contributed by atoms with Crippen LogP contribution in [0.15, 0.2) is 18.2 Å². The SMILES string of the molecule is Cc1cccc(NC(=O)NC2CCCC2C(=O)O)c1C#N. The number of urea groups is 1. The van der Waals surface area contributed by atoms with Gasteiger partial charge in [-0.15, -0.1) is 0 Å². The van der Waals surface area contributed by atoms with E-state index in [1.54, 1.807) is 25.1 Å². The molecule has 0 aliphatic heterocycles. The highest BCUT2D eigenvalue weighted by atomic mass is 16.4. The van der Waals surface area contributed by atoms with Crippen LogP contribution < -0.4 is 10.6 Å². The van der Waals surface area contributed by atoms with Gasteiger partial charge in [-0.25, -0.2) is 4.79 Å². The van der Waals surface area contributed by atoms with E-state index in [4.69, 9.17) is 10.4 Å². The van der Waals surface area contributed by atoms with Gasteiger partial charge in [0.25, 0.3) is 0 Å². The molecule has 2 amide bonds. The van der Waals surface area contributed by atoms with Crippen molar-refractivity contribution < 1.29 is 14.7 Å². The Hall–Kier alpha value is -2.55. The number of nitrogens with one attached hydrogen (secondary N) is 2. The Bertz CT molecular complexity index is 607. The quantitative estimate of drug-likeness (QED) is 0.793. The molecule has 6 heteroatoms. The van der Waals surface area contributed by atoms with Gasteiger partial charge in [0, 0.05) is 6.04 Å². The van der Waals surface area contributed by atoms with Gasteiger partial charge >= 0.3 is 12.0 Å². The molecule has 0 heterocycles. The number of aliphatic carboxylic acids is 1. The number of nitrogens with zero attached hydrogens (tertiary/aromatic N) is 1.